The lowest BCUT2D eigenvalue weighted by molar-refractivity contribution is -0.146. The summed E-state index contributed by atoms with van der Waals surface area (Å²) >= 11 is 1.51. The number of aromatic nitrogens is 3. The molecule has 0 amide bonds. The standard InChI is InChI=1S/C12H20N4O3S/c1-12(13,9(17)19-2)6-3-7-20-11-15-14-10(18)16(11)8-4-5-8/h8H,3-7,13H2,1-2H3,(H,14,18). The maximum Gasteiger partial charge on any atom is 0.344 e. The maximum absolute atomic E-state index is 11.6. The first-order valence-corrected chi connectivity index (χ1v) is 7.61. The lowest BCUT2D eigenvalue weighted by Gasteiger charge is -2.20. The second kappa shape index (κ2) is 6.01. The molecule has 20 heavy (non-hydrogen) atoms. The van der Waals surface area contributed by atoms with E-state index in [0.717, 1.165) is 25.0 Å². The van der Waals surface area contributed by atoms with Gasteiger partial charge >= 0.3 is 11.7 Å². The molecule has 1 aliphatic carbocycles. The first-order valence-electron chi connectivity index (χ1n) is 6.62. The van der Waals surface area contributed by atoms with Crippen molar-refractivity contribution in [2.24, 2.45) is 5.73 Å². The first-order chi connectivity index (χ1) is 9.45. The molecule has 3 N–H and O–H groups in total. The minimum absolute atomic E-state index is 0.145. The molecule has 0 saturated heterocycles. The number of nitrogens with two attached hydrogens (primary N) is 1. The van der Waals surface area contributed by atoms with Crippen LogP contribution in [0.2, 0.25) is 0 Å². The van der Waals surface area contributed by atoms with Gasteiger partial charge in [0.05, 0.1) is 7.11 Å². The first kappa shape index (κ1) is 15.1. The van der Waals surface area contributed by atoms with Crippen LogP contribution in [0, 0.1) is 0 Å². The summed E-state index contributed by atoms with van der Waals surface area (Å²) in [5, 5.41) is 7.23. The Kier molecular flexibility index (Phi) is 4.54. The third kappa shape index (κ3) is 3.43. The van der Waals surface area contributed by atoms with E-state index in [9.17, 15) is 9.59 Å². The van der Waals surface area contributed by atoms with Gasteiger partial charge < -0.3 is 10.5 Å². The summed E-state index contributed by atoms with van der Waals surface area (Å²) in [6.45, 7) is 1.66. The molecule has 8 heteroatoms. The molecule has 0 radical (unpaired) electrons. The van der Waals surface area contributed by atoms with Crippen LogP contribution >= 0.6 is 11.8 Å². The van der Waals surface area contributed by atoms with E-state index in [2.05, 4.69) is 14.9 Å². The summed E-state index contributed by atoms with van der Waals surface area (Å²) in [7, 11) is 1.33. The highest BCUT2D eigenvalue weighted by atomic mass is 32.2. The van der Waals surface area contributed by atoms with E-state index in [1.54, 1.807) is 11.5 Å². The van der Waals surface area contributed by atoms with Crippen LogP contribution in [0.15, 0.2) is 9.95 Å². The molecular formula is C12H20N4O3S. The number of rotatable bonds is 7. The van der Waals surface area contributed by atoms with E-state index in [0.29, 0.717) is 17.6 Å². The molecule has 1 heterocycles. The molecule has 0 bridgehead atoms. The van der Waals surface area contributed by atoms with Crippen LogP contribution in [0.4, 0.5) is 0 Å². The van der Waals surface area contributed by atoms with Crippen molar-refractivity contribution >= 4 is 17.7 Å². The number of carbonyl (C=O) groups excluding carboxylic acids is 1. The molecular weight excluding hydrogens is 280 g/mol. The van der Waals surface area contributed by atoms with Crippen molar-refractivity contribution < 1.29 is 9.53 Å². The van der Waals surface area contributed by atoms with Crippen LogP contribution in [0.5, 0.6) is 0 Å². The fourth-order valence-corrected chi connectivity index (χ4v) is 2.94. The summed E-state index contributed by atoms with van der Waals surface area (Å²) in [6.07, 6.45) is 3.36. The lowest BCUT2D eigenvalue weighted by Crippen LogP contribution is -2.45. The van der Waals surface area contributed by atoms with Crippen LogP contribution in [-0.4, -0.2) is 39.1 Å². The number of hydrogen-bond donors (Lipinski definition) is 2. The fourth-order valence-electron chi connectivity index (χ4n) is 1.98. The Balaban J connectivity index is 1.82. The van der Waals surface area contributed by atoms with Crippen molar-refractivity contribution in [2.45, 2.75) is 49.3 Å². The number of H-pyrrole nitrogens is 1. The summed E-state index contributed by atoms with van der Waals surface area (Å²) in [5.74, 6) is 0.345. The third-order valence-corrected chi connectivity index (χ3v) is 4.35. The largest absolute Gasteiger partial charge is 0.468 e. The Bertz CT molecular complexity index is 533. The molecule has 1 atom stereocenters. The highest BCUT2D eigenvalue weighted by Crippen LogP contribution is 2.36. The van der Waals surface area contributed by atoms with Gasteiger partial charge in [0.2, 0.25) is 0 Å². The zero-order valence-corrected chi connectivity index (χ0v) is 12.5. The van der Waals surface area contributed by atoms with Crippen molar-refractivity contribution in [1.29, 1.82) is 0 Å². The van der Waals surface area contributed by atoms with Crippen LogP contribution in [0.25, 0.3) is 0 Å². The topological polar surface area (TPSA) is 103 Å². The molecule has 1 aromatic heterocycles. The number of hydrogen-bond acceptors (Lipinski definition) is 6. The van der Waals surface area contributed by atoms with E-state index in [-0.39, 0.29) is 5.69 Å². The second-order valence-electron chi connectivity index (χ2n) is 5.27. The smallest absolute Gasteiger partial charge is 0.344 e. The van der Waals surface area contributed by atoms with Gasteiger partial charge in [0.1, 0.15) is 5.54 Å². The minimum Gasteiger partial charge on any atom is -0.468 e. The fraction of sp³-hybridized carbons (Fsp3) is 0.750. The Morgan fingerprint density at radius 3 is 2.95 bits per heavy atom. The van der Waals surface area contributed by atoms with E-state index in [4.69, 9.17) is 5.73 Å². The number of aromatic amines is 1. The van der Waals surface area contributed by atoms with Gasteiger partial charge in [-0.2, -0.15) is 0 Å². The average Bonchev–Trinajstić information content (AvgIpc) is 3.18. The molecule has 0 spiro atoms. The van der Waals surface area contributed by atoms with E-state index >= 15 is 0 Å². The summed E-state index contributed by atoms with van der Waals surface area (Å²) in [6, 6.07) is 0.304. The van der Waals surface area contributed by atoms with Gasteiger partial charge in [-0.15, -0.1) is 5.10 Å². The second-order valence-corrected chi connectivity index (χ2v) is 6.34. The van der Waals surface area contributed by atoms with Crippen LogP contribution < -0.4 is 11.4 Å². The SMILES string of the molecule is COC(=O)C(C)(N)CCCSc1n[nH]c(=O)n1C1CC1. The summed E-state index contributed by atoms with van der Waals surface area (Å²) in [5.41, 5.74) is 4.78. The van der Waals surface area contributed by atoms with Gasteiger partial charge in [-0.1, -0.05) is 11.8 Å². The van der Waals surface area contributed by atoms with Crippen molar-refractivity contribution in [2.75, 3.05) is 12.9 Å². The molecule has 112 valence electrons. The Hall–Kier alpha value is -1.28. The van der Waals surface area contributed by atoms with Crippen molar-refractivity contribution in [3.05, 3.63) is 10.5 Å². The average molecular weight is 300 g/mol. The zero-order valence-electron chi connectivity index (χ0n) is 11.7. The van der Waals surface area contributed by atoms with Crippen LogP contribution in [0.3, 0.4) is 0 Å². The minimum atomic E-state index is -0.961. The lowest BCUT2D eigenvalue weighted by atomic mass is 9.98. The predicted octanol–water partition coefficient (Wildman–Crippen LogP) is 0.669. The summed E-state index contributed by atoms with van der Waals surface area (Å²) < 4.78 is 6.37. The highest BCUT2D eigenvalue weighted by molar-refractivity contribution is 7.99. The normalized spacial score (nSPS) is 17.8. The number of carbonyl (C=O) groups is 1. The molecule has 0 aromatic carbocycles. The van der Waals surface area contributed by atoms with E-state index in [1.807, 2.05) is 0 Å². The molecule has 0 aliphatic heterocycles. The molecule has 7 nitrogen and oxygen atoms in total. The van der Waals surface area contributed by atoms with E-state index < -0.39 is 11.5 Å². The quantitative estimate of drug-likeness (QED) is 0.436. The van der Waals surface area contributed by atoms with Crippen LogP contribution in [-0.2, 0) is 9.53 Å². The van der Waals surface area contributed by atoms with E-state index in [1.165, 1.54) is 18.9 Å². The highest BCUT2D eigenvalue weighted by Gasteiger charge is 2.30. The van der Waals surface area contributed by atoms with Gasteiger partial charge in [0, 0.05) is 11.8 Å². The number of nitrogens with zero attached hydrogens (tertiary/aromatic N) is 2. The Morgan fingerprint density at radius 1 is 1.65 bits per heavy atom. The number of ether oxygens (including phenoxy) is 1. The zero-order chi connectivity index (χ0) is 14.8. The maximum atomic E-state index is 11.6. The predicted molar refractivity (Wildman–Crippen MR) is 75.7 cm³/mol. The molecule has 1 aromatic rings. The van der Waals surface area contributed by atoms with Crippen molar-refractivity contribution in [1.82, 2.24) is 14.8 Å². The van der Waals surface area contributed by atoms with Crippen molar-refractivity contribution in [3.8, 4) is 0 Å². The van der Waals surface area contributed by atoms with Gasteiger partial charge in [-0.05, 0) is 32.6 Å². The molecule has 1 aliphatic rings. The number of nitrogens with one attached hydrogen (secondary N) is 1. The van der Waals surface area contributed by atoms with Crippen LogP contribution in [0.1, 0.15) is 38.6 Å². The van der Waals surface area contributed by atoms with Gasteiger partial charge in [-0.3, -0.25) is 9.36 Å². The Morgan fingerprint density at radius 2 is 2.35 bits per heavy atom. The molecule has 1 fully saturated rings. The molecule has 2 rings (SSSR count). The van der Waals surface area contributed by atoms with Gasteiger partial charge in [0.25, 0.3) is 0 Å². The number of thioether (sulfide) groups is 1. The van der Waals surface area contributed by atoms with Gasteiger partial charge in [-0.25, -0.2) is 9.89 Å². The van der Waals surface area contributed by atoms with Crippen molar-refractivity contribution in [3.63, 3.8) is 0 Å². The monoisotopic (exact) mass is 300 g/mol. The molecule has 1 saturated carbocycles. The molecule has 1 unspecified atom stereocenters. The number of esters is 1. The van der Waals surface area contributed by atoms with Gasteiger partial charge in [0.15, 0.2) is 5.16 Å². The summed E-state index contributed by atoms with van der Waals surface area (Å²) in [4.78, 5) is 23.0. The number of methoxy groups -OCH3 is 1. The third-order valence-electron chi connectivity index (χ3n) is 3.31. The Labute approximate surface area is 121 Å².